The highest BCUT2D eigenvalue weighted by Crippen LogP contribution is 2.55. The van der Waals surface area contributed by atoms with E-state index in [9.17, 15) is 9.59 Å². The second-order valence-electron chi connectivity index (χ2n) is 13.0. The Bertz CT molecular complexity index is 1360. The average Bonchev–Trinajstić information content (AvgIpc) is 2.87. The van der Waals surface area contributed by atoms with Gasteiger partial charge in [0.15, 0.2) is 23.1 Å². The Balaban J connectivity index is 1.61. The number of hydrogen-bond acceptors (Lipinski definition) is 5. The molecule has 1 aliphatic heterocycles. The number of carbonyl (C=O) groups excluding carboxylic acids is 2. The van der Waals surface area contributed by atoms with E-state index >= 15 is 0 Å². The van der Waals surface area contributed by atoms with E-state index in [1.807, 2.05) is 42.5 Å². The summed E-state index contributed by atoms with van der Waals surface area (Å²) in [5.74, 6) is 1.06. The molecule has 2 aromatic carbocycles. The molecule has 0 radical (unpaired) electrons. The molecule has 0 fully saturated rings. The van der Waals surface area contributed by atoms with Crippen LogP contribution in [0.15, 0.2) is 65.0 Å². The van der Waals surface area contributed by atoms with E-state index in [0.29, 0.717) is 36.0 Å². The first-order valence-corrected chi connectivity index (χ1v) is 14.7. The minimum absolute atomic E-state index is 0.131. The fourth-order valence-electron chi connectivity index (χ4n) is 6.65. The quantitative estimate of drug-likeness (QED) is 0.342. The Hall–Kier alpha value is -3.05. The molecule has 6 heteroatoms. The van der Waals surface area contributed by atoms with Crippen molar-refractivity contribution in [3.8, 4) is 11.5 Å². The van der Waals surface area contributed by atoms with Gasteiger partial charge in [0.2, 0.25) is 0 Å². The van der Waals surface area contributed by atoms with E-state index in [1.54, 1.807) is 7.11 Å². The molecule has 0 aromatic heterocycles. The van der Waals surface area contributed by atoms with Crippen LogP contribution < -0.4 is 9.47 Å². The van der Waals surface area contributed by atoms with E-state index in [4.69, 9.17) is 21.1 Å². The number of Topliss-reactive ketones (excluding diaryl/α,β-unsaturated/α-hetero) is 2. The highest BCUT2D eigenvalue weighted by Gasteiger charge is 2.48. The number of allylic oxidation sites excluding steroid dienone is 4. The van der Waals surface area contributed by atoms with E-state index in [0.717, 1.165) is 59.5 Å². The van der Waals surface area contributed by atoms with E-state index in [2.05, 4.69) is 39.5 Å². The van der Waals surface area contributed by atoms with Crippen LogP contribution >= 0.6 is 11.6 Å². The lowest BCUT2D eigenvalue weighted by Gasteiger charge is -2.49. The second kappa shape index (κ2) is 10.7. The highest BCUT2D eigenvalue weighted by atomic mass is 35.5. The molecule has 5 rings (SSSR count). The molecule has 0 spiro atoms. The zero-order chi connectivity index (χ0) is 28.8. The topological polar surface area (TPSA) is 55.8 Å². The molecular formula is C34H40ClNO4. The van der Waals surface area contributed by atoms with Crippen molar-refractivity contribution in [3.05, 3.63) is 81.2 Å². The maximum absolute atomic E-state index is 13.9. The number of carbonyl (C=O) groups is 2. The number of nitrogens with zero attached hydrogens (tertiary/aromatic N) is 1. The van der Waals surface area contributed by atoms with Crippen molar-refractivity contribution in [1.82, 2.24) is 4.90 Å². The minimum Gasteiger partial charge on any atom is -0.493 e. The number of ketones is 2. The van der Waals surface area contributed by atoms with Crippen LogP contribution in [0.3, 0.4) is 0 Å². The summed E-state index contributed by atoms with van der Waals surface area (Å²) in [6.07, 6.45) is 3.51. The Morgan fingerprint density at radius 3 is 2.05 bits per heavy atom. The first kappa shape index (κ1) is 28.5. The van der Waals surface area contributed by atoms with Gasteiger partial charge in [0, 0.05) is 52.9 Å². The van der Waals surface area contributed by atoms with E-state index < -0.39 is 5.92 Å². The third-order valence-electron chi connectivity index (χ3n) is 8.27. The molecule has 212 valence electrons. The number of hydrogen-bond donors (Lipinski definition) is 0. The van der Waals surface area contributed by atoms with Gasteiger partial charge in [0.05, 0.1) is 7.11 Å². The lowest BCUT2D eigenvalue weighted by molar-refractivity contribution is -0.119. The number of ether oxygens (including phenoxy) is 2. The van der Waals surface area contributed by atoms with Crippen LogP contribution in [0, 0.1) is 10.8 Å². The van der Waals surface area contributed by atoms with Crippen molar-refractivity contribution in [2.45, 2.75) is 79.2 Å². The number of rotatable bonds is 7. The number of halogens is 1. The molecule has 0 bridgehead atoms. The molecule has 0 atom stereocenters. The van der Waals surface area contributed by atoms with Crippen molar-refractivity contribution >= 4 is 23.2 Å². The molecule has 2 aliphatic carbocycles. The van der Waals surface area contributed by atoms with Gasteiger partial charge >= 0.3 is 0 Å². The SMILES string of the molecule is CCCN1C2=C(C(=O)CC(C)(C)C2)C(c2ccc(OCc3cccc(Cl)c3)c(OC)c2)C2=C1CC(C)(C)CC2=O. The lowest BCUT2D eigenvalue weighted by Crippen LogP contribution is -2.44. The summed E-state index contributed by atoms with van der Waals surface area (Å²) in [5, 5.41) is 0.659. The standard InChI is InChI=1S/C34H40ClNO4/c1-7-13-36-24-16-33(2,3)18-26(37)31(24)30(32-25(36)17-34(4,5)19-27(32)38)22-11-12-28(29(15-22)39-6)40-20-21-9-8-10-23(35)14-21/h8-12,14-15,30H,7,13,16-20H2,1-6H3. The van der Waals surface area contributed by atoms with Crippen molar-refractivity contribution < 1.29 is 19.1 Å². The Morgan fingerprint density at radius 1 is 0.875 bits per heavy atom. The van der Waals surface area contributed by atoms with Crippen LogP contribution in [-0.2, 0) is 16.2 Å². The van der Waals surface area contributed by atoms with Crippen LogP contribution in [0.2, 0.25) is 5.02 Å². The minimum atomic E-state index is -0.402. The van der Waals surface area contributed by atoms with Gasteiger partial charge in [-0.15, -0.1) is 0 Å². The molecule has 3 aliphatic rings. The molecule has 2 aromatic rings. The normalized spacial score (nSPS) is 20.4. The summed E-state index contributed by atoms with van der Waals surface area (Å²) in [7, 11) is 1.62. The van der Waals surface area contributed by atoms with E-state index in [1.165, 1.54) is 0 Å². The van der Waals surface area contributed by atoms with Crippen molar-refractivity contribution in [1.29, 1.82) is 0 Å². The van der Waals surface area contributed by atoms with Crippen molar-refractivity contribution in [2.75, 3.05) is 13.7 Å². The van der Waals surface area contributed by atoms with Gasteiger partial charge in [-0.3, -0.25) is 9.59 Å². The predicted octanol–water partition coefficient (Wildman–Crippen LogP) is 8.02. The van der Waals surface area contributed by atoms with Gasteiger partial charge in [0.25, 0.3) is 0 Å². The average molecular weight is 562 g/mol. The molecule has 0 unspecified atom stereocenters. The lowest BCUT2D eigenvalue weighted by atomic mass is 9.63. The van der Waals surface area contributed by atoms with Gasteiger partial charge in [-0.2, -0.15) is 0 Å². The fourth-order valence-corrected chi connectivity index (χ4v) is 6.86. The summed E-state index contributed by atoms with van der Waals surface area (Å²) in [6, 6.07) is 13.4. The highest BCUT2D eigenvalue weighted by molar-refractivity contribution is 6.30. The number of methoxy groups -OCH3 is 1. The first-order valence-electron chi connectivity index (χ1n) is 14.3. The summed E-state index contributed by atoms with van der Waals surface area (Å²) in [4.78, 5) is 30.2. The summed E-state index contributed by atoms with van der Waals surface area (Å²) in [6.45, 7) is 12.0. The van der Waals surface area contributed by atoms with Gasteiger partial charge in [-0.25, -0.2) is 0 Å². The predicted molar refractivity (Wildman–Crippen MR) is 159 cm³/mol. The third kappa shape index (κ3) is 5.45. The van der Waals surface area contributed by atoms with Gasteiger partial charge in [0.1, 0.15) is 6.61 Å². The molecule has 5 nitrogen and oxygen atoms in total. The summed E-state index contributed by atoms with van der Waals surface area (Å²) >= 11 is 6.15. The largest absolute Gasteiger partial charge is 0.493 e. The second-order valence-corrected chi connectivity index (χ2v) is 13.5. The summed E-state index contributed by atoms with van der Waals surface area (Å²) in [5.41, 5.74) is 5.35. The molecule has 0 saturated heterocycles. The zero-order valence-electron chi connectivity index (χ0n) is 24.5. The van der Waals surface area contributed by atoms with Crippen molar-refractivity contribution in [2.24, 2.45) is 10.8 Å². The number of benzene rings is 2. The van der Waals surface area contributed by atoms with Crippen LogP contribution in [0.25, 0.3) is 0 Å². The van der Waals surface area contributed by atoms with Crippen LogP contribution in [0.4, 0.5) is 0 Å². The fraction of sp³-hybridized carbons (Fsp3) is 0.471. The van der Waals surface area contributed by atoms with E-state index in [-0.39, 0.29) is 22.4 Å². The smallest absolute Gasteiger partial charge is 0.162 e. The molecule has 40 heavy (non-hydrogen) atoms. The molecule has 0 amide bonds. The maximum atomic E-state index is 13.9. The molecule has 0 N–H and O–H groups in total. The molecular weight excluding hydrogens is 522 g/mol. The molecule has 0 saturated carbocycles. The van der Waals surface area contributed by atoms with Crippen LogP contribution in [0.1, 0.15) is 83.8 Å². The van der Waals surface area contributed by atoms with Crippen molar-refractivity contribution in [3.63, 3.8) is 0 Å². The van der Waals surface area contributed by atoms with Crippen LogP contribution in [0.5, 0.6) is 11.5 Å². The molecule has 1 heterocycles. The Labute approximate surface area is 243 Å². The van der Waals surface area contributed by atoms with Crippen LogP contribution in [-0.4, -0.2) is 30.1 Å². The van der Waals surface area contributed by atoms with Gasteiger partial charge < -0.3 is 14.4 Å². The maximum Gasteiger partial charge on any atom is 0.162 e. The Morgan fingerprint density at radius 2 is 1.50 bits per heavy atom. The Kier molecular flexibility index (Phi) is 7.64. The summed E-state index contributed by atoms with van der Waals surface area (Å²) < 4.78 is 11.9. The first-order chi connectivity index (χ1) is 18.9. The van der Waals surface area contributed by atoms with Gasteiger partial charge in [-0.1, -0.05) is 64.4 Å². The van der Waals surface area contributed by atoms with Gasteiger partial charge in [-0.05, 0) is 65.5 Å². The zero-order valence-corrected chi connectivity index (χ0v) is 25.3. The third-order valence-corrected chi connectivity index (χ3v) is 8.51. The monoisotopic (exact) mass is 561 g/mol.